The zero-order valence-corrected chi connectivity index (χ0v) is 16.5. The van der Waals surface area contributed by atoms with E-state index in [-0.39, 0.29) is 30.7 Å². The van der Waals surface area contributed by atoms with E-state index in [1.807, 2.05) is 0 Å². The molecule has 2 aromatic rings. The van der Waals surface area contributed by atoms with Gasteiger partial charge >= 0.3 is 12.1 Å². The van der Waals surface area contributed by atoms with Crippen molar-refractivity contribution in [2.75, 3.05) is 0 Å². The molecule has 0 aliphatic carbocycles. The molecule has 9 heteroatoms. The van der Waals surface area contributed by atoms with Crippen molar-refractivity contribution in [3.05, 3.63) is 72.6 Å². The minimum absolute atomic E-state index is 0.00536. The number of alkyl halides is 3. The van der Waals surface area contributed by atoms with Crippen LogP contribution in [0.3, 0.4) is 0 Å². The maximum atomic E-state index is 13.5. The van der Waals surface area contributed by atoms with Crippen molar-refractivity contribution < 1.29 is 23.1 Å². The molecule has 0 spiro atoms. The Morgan fingerprint density at radius 3 is 2.15 bits per heavy atom. The van der Waals surface area contributed by atoms with E-state index in [1.165, 1.54) is 24.3 Å². The van der Waals surface area contributed by atoms with Gasteiger partial charge in [0.2, 0.25) is 0 Å². The average Bonchev–Trinajstić information content (AvgIpc) is 2.51. The average molecular weight is 489 g/mol. The van der Waals surface area contributed by atoms with Gasteiger partial charge in [-0.15, -0.1) is 0 Å². The summed E-state index contributed by atoms with van der Waals surface area (Å²) in [5, 5.41) is 8.80. The minimum atomic E-state index is -4.59. The molecule has 1 N–H and O–H groups in total. The van der Waals surface area contributed by atoms with Crippen LogP contribution in [0.25, 0.3) is 6.08 Å². The molecule has 0 unspecified atom stereocenters. The second kappa shape index (κ2) is 8.21. The highest BCUT2D eigenvalue weighted by Crippen LogP contribution is 2.41. The molecule has 0 bridgehead atoms. The Balaban J connectivity index is 2.42. The predicted molar refractivity (Wildman–Crippen MR) is 100 cm³/mol. The molecule has 2 aromatic carbocycles. The van der Waals surface area contributed by atoms with Gasteiger partial charge in [-0.05, 0) is 51.3 Å². The molecule has 0 saturated heterocycles. The number of rotatable bonds is 4. The third kappa shape index (κ3) is 4.94. The first kappa shape index (κ1) is 21.1. The Labute approximate surface area is 170 Å². The molecule has 1 atom stereocenters. The number of carboxylic acids is 1. The smallest absolute Gasteiger partial charge is 0.399 e. The van der Waals surface area contributed by atoms with Crippen LogP contribution in [0.15, 0.2) is 40.9 Å². The van der Waals surface area contributed by atoms with E-state index >= 15 is 0 Å². The van der Waals surface area contributed by atoms with Crippen molar-refractivity contribution in [3.63, 3.8) is 0 Å². The summed E-state index contributed by atoms with van der Waals surface area (Å²) in [4.78, 5) is 11.0. The van der Waals surface area contributed by atoms with Crippen LogP contribution in [-0.4, -0.2) is 17.3 Å². The van der Waals surface area contributed by atoms with E-state index in [0.29, 0.717) is 5.56 Å². The van der Waals surface area contributed by atoms with Crippen molar-refractivity contribution in [3.8, 4) is 0 Å². The fourth-order valence-corrected chi connectivity index (χ4v) is 3.36. The van der Waals surface area contributed by atoms with Crippen molar-refractivity contribution in [1.29, 1.82) is 0 Å². The van der Waals surface area contributed by atoms with Gasteiger partial charge in [0.1, 0.15) is 0 Å². The molecule has 2 nitrogen and oxygen atoms in total. The van der Waals surface area contributed by atoms with Crippen molar-refractivity contribution in [2.45, 2.75) is 12.1 Å². The third-order valence-corrected chi connectivity index (χ3v) is 5.28. The Bertz CT molecular complexity index is 859. The van der Waals surface area contributed by atoms with Crippen LogP contribution >= 0.6 is 50.7 Å². The highest BCUT2D eigenvalue weighted by Gasteiger charge is 2.39. The molecular formula is C17H9BrCl3F3O2. The molecule has 0 heterocycles. The predicted octanol–water partition coefficient (Wildman–Crippen LogP) is 7.47. The number of carboxylic acid groups (broad SMARTS) is 1. The molecule has 2 rings (SSSR count). The Kier molecular flexibility index (Phi) is 6.66. The lowest BCUT2D eigenvalue weighted by Crippen LogP contribution is -2.19. The molecule has 0 fully saturated rings. The van der Waals surface area contributed by atoms with Gasteiger partial charge in [0.15, 0.2) is 0 Å². The zero-order valence-electron chi connectivity index (χ0n) is 12.6. The molecule has 26 heavy (non-hydrogen) atoms. The van der Waals surface area contributed by atoms with E-state index in [4.69, 9.17) is 39.9 Å². The molecule has 0 aromatic heterocycles. The molecule has 0 saturated carbocycles. The molecule has 0 aliphatic heterocycles. The van der Waals surface area contributed by atoms with Crippen LogP contribution < -0.4 is 0 Å². The number of allylic oxidation sites excluding steroid dienone is 1. The Hall–Kier alpha value is -1.21. The van der Waals surface area contributed by atoms with Crippen molar-refractivity contribution >= 4 is 62.8 Å². The lowest BCUT2D eigenvalue weighted by Gasteiger charge is -2.18. The molecule has 0 amide bonds. The van der Waals surface area contributed by atoms with Crippen molar-refractivity contribution in [1.82, 2.24) is 0 Å². The first-order valence-corrected chi connectivity index (χ1v) is 8.85. The molecule has 0 radical (unpaired) electrons. The van der Waals surface area contributed by atoms with Crippen LogP contribution in [0.4, 0.5) is 13.2 Å². The monoisotopic (exact) mass is 486 g/mol. The van der Waals surface area contributed by atoms with Gasteiger partial charge in [0.25, 0.3) is 0 Å². The number of hydrogen-bond donors (Lipinski definition) is 1. The summed E-state index contributed by atoms with van der Waals surface area (Å²) in [5.74, 6) is -3.11. The normalized spacial score (nSPS) is 13.2. The number of carbonyl (C=O) groups is 1. The van der Waals surface area contributed by atoms with Crippen LogP contribution in [0.1, 0.15) is 27.4 Å². The first-order chi connectivity index (χ1) is 12.0. The van der Waals surface area contributed by atoms with Crippen molar-refractivity contribution in [2.24, 2.45) is 0 Å². The maximum absolute atomic E-state index is 13.5. The van der Waals surface area contributed by atoms with E-state index in [9.17, 15) is 18.0 Å². The van der Waals surface area contributed by atoms with Gasteiger partial charge in [-0.1, -0.05) is 53.0 Å². The Morgan fingerprint density at radius 2 is 1.69 bits per heavy atom. The molecular weight excluding hydrogens is 479 g/mol. The SMILES string of the molecule is O=C(O)c1ccc(C=C[C@H](c2cc(Cl)c(Cl)c(Cl)c2)C(F)(F)F)cc1Br. The summed E-state index contributed by atoms with van der Waals surface area (Å²) in [5.41, 5.74) is 0.238. The molecule has 138 valence electrons. The van der Waals surface area contributed by atoms with Gasteiger partial charge in [0.05, 0.1) is 26.5 Å². The fourth-order valence-electron chi connectivity index (χ4n) is 2.18. The summed E-state index contributed by atoms with van der Waals surface area (Å²) >= 11 is 20.5. The number of benzene rings is 2. The quantitative estimate of drug-likeness (QED) is 0.454. The van der Waals surface area contributed by atoms with Gasteiger partial charge in [-0.3, -0.25) is 0 Å². The van der Waals surface area contributed by atoms with E-state index in [1.54, 1.807) is 0 Å². The third-order valence-electron chi connectivity index (χ3n) is 3.42. The molecule has 0 aliphatic rings. The largest absolute Gasteiger partial charge is 0.478 e. The van der Waals surface area contributed by atoms with Crippen LogP contribution in [0.5, 0.6) is 0 Å². The van der Waals surface area contributed by atoms with Crippen LogP contribution in [0, 0.1) is 0 Å². The van der Waals surface area contributed by atoms with E-state index in [2.05, 4.69) is 15.9 Å². The Morgan fingerprint density at radius 1 is 1.12 bits per heavy atom. The summed E-state index contributed by atoms with van der Waals surface area (Å²) < 4.78 is 40.7. The van der Waals surface area contributed by atoms with Gasteiger partial charge in [0, 0.05) is 4.47 Å². The van der Waals surface area contributed by atoms with E-state index < -0.39 is 18.1 Å². The highest BCUT2D eigenvalue weighted by molar-refractivity contribution is 9.10. The number of aromatic carboxylic acids is 1. The fraction of sp³-hybridized carbons (Fsp3) is 0.118. The maximum Gasteiger partial charge on any atom is 0.399 e. The van der Waals surface area contributed by atoms with E-state index in [0.717, 1.165) is 18.2 Å². The van der Waals surface area contributed by atoms with Crippen LogP contribution in [-0.2, 0) is 0 Å². The lowest BCUT2D eigenvalue weighted by molar-refractivity contribution is -0.139. The second-order valence-electron chi connectivity index (χ2n) is 5.22. The minimum Gasteiger partial charge on any atom is -0.478 e. The van der Waals surface area contributed by atoms with Gasteiger partial charge in [-0.25, -0.2) is 4.79 Å². The summed E-state index contributed by atoms with van der Waals surface area (Å²) in [7, 11) is 0. The number of halogens is 7. The van der Waals surface area contributed by atoms with Gasteiger partial charge in [-0.2, -0.15) is 13.2 Å². The standard InChI is InChI=1S/C17H9BrCl3F3O2/c18-12-5-8(1-3-10(12)16(25)26)2-4-11(17(22,23)24)9-6-13(19)15(21)14(20)7-9/h1-7,11H,(H,25,26)/t11-/m1/s1. The van der Waals surface area contributed by atoms with Crippen LogP contribution in [0.2, 0.25) is 15.1 Å². The summed E-state index contributed by atoms with van der Waals surface area (Å²) in [6.07, 6.45) is -2.40. The van der Waals surface area contributed by atoms with Gasteiger partial charge < -0.3 is 5.11 Å². The zero-order chi connectivity index (χ0) is 19.6. The highest BCUT2D eigenvalue weighted by atomic mass is 79.9. The number of hydrogen-bond acceptors (Lipinski definition) is 1. The lowest BCUT2D eigenvalue weighted by atomic mass is 9.97. The summed E-state index contributed by atoms with van der Waals surface area (Å²) in [6.45, 7) is 0. The first-order valence-electron chi connectivity index (χ1n) is 6.93. The second-order valence-corrected chi connectivity index (χ2v) is 7.27. The summed E-state index contributed by atoms with van der Waals surface area (Å²) in [6, 6.07) is 6.34. The topological polar surface area (TPSA) is 37.3 Å².